The lowest BCUT2D eigenvalue weighted by molar-refractivity contribution is 0.354. The van der Waals surface area contributed by atoms with Crippen LogP contribution in [-0.4, -0.2) is 6.61 Å². The molecule has 1 aliphatic rings. The zero-order valence-electron chi connectivity index (χ0n) is 10.9. The molecule has 0 radical (unpaired) electrons. The molecule has 0 saturated carbocycles. The van der Waals surface area contributed by atoms with Crippen molar-refractivity contribution in [3.05, 3.63) is 62.1 Å². The normalized spacial score (nSPS) is 14.8. The topological polar surface area (TPSA) is 9.23 Å². The van der Waals surface area contributed by atoms with Gasteiger partial charge in [-0.2, -0.15) is 0 Å². The minimum Gasteiger partial charge on any atom is -0.493 e. The zero-order valence-corrected chi connectivity index (χ0v) is 14.8. The SMILES string of the molecule is Cc1c(Cl)cccc1C(Br)c1cc(Br)cc2c1OCC2. The maximum atomic E-state index is 6.23. The van der Waals surface area contributed by atoms with Crippen molar-refractivity contribution in [2.24, 2.45) is 0 Å². The summed E-state index contributed by atoms with van der Waals surface area (Å²) in [4.78, 5) is 0.0746. The van der Waals surface area contributed by atoms with Crippen LogP contribution in [0.5, 0.6) is 5.75 Å². The second kappa shape index (κ2) is 5.70. The quantitative estimate of drug-likeness (QED) is 0.560. The summed E-state index contributed by atoms with van der Waals surface area (Å²) < 4.78 is 6.90. The standard InChI is InChI=1S/C16H13Br2ClO/c1-9-12(3-2-4-14(9)19)15(18)13-8-11(17)7-10-5-6-20-16(10)13/h2-4,7-8,15H,5-6H2,1H3. The monoisotopic (exact) mass is 414 g/mol. The predicted molar refractivity (Wildman–Crippen MR) is 90.3 cm³/mol. The fourth-order valence-electron chi connectivity index (χ4n) is 2.55. The van der Waals surface area contributed by atoms with Crippen LogP contribution < -0.4 is 4.74 Å². The van der Waals surface area contributed by atoms with Gasteiger partial charge in [-0.15, -0.1) is 0 Å². The first-order valence-corrected chi connectivity index (χ1v) is 8.51. The minimum absolute atomic E-state index is 0.0746. The summed E-state index contributed by atoms with van der Waals surface area (Å²) in [6.45, 7) is 2.80. The van der Waals surface area contributed by atoms with Crippen molar-refractivity contribution in [2.45, 2.75) is 18.2 Å². The third-order valence-corrected chi connectivity index (χ3v) is 5.49. The molecule has 1 atom stereocenters. The molecule has 0 amide bonds. The molecule has 0 spiro atoms. The minimum atomic E-state index is 0.0746. The second-order valence-electron chi connectivity index (χ2n) is 4.90. The van der Waals surface area contributed by atoms with Crippen LogP contribution in [0.3, 0.4) is 0 Å². The molecule has 1 heterocycles. The van der Waals surface area contributed by atoms with Gasteiger partial charge in [-0.05, 0) is 41.8 Å². The summed E-state index contributed by atoms with van der Waals surface area (Å²) >= 11 is 13.6. The van der Waals surface area contributed by atoms with Gasteiger partial charge in [0.1, 0.15) is 5.75 Å². The Balaban J connectivity index is 2.11. The fraction of sp³-hybridized carbons (Fsp3) is 0.250. The maximum absolute atomic E-state index is 6.23. The van der Waals surface area contributed by atoms with E-state index in [1.54, 1.807) is 0 Å². The first kappa shape index (κ1) is 14.4. The Hall–Kier alpha value is -0.510. The number of alkyl halides is 1. The Bertz CT molecular complexity index is 670. The molecule has 0 aliphatic carbocycles. The average molecular weight is 417 g/mol. The third-order valence-electron chi connectivity index (χ3n) is 3.63. The lowest BCUT2D eigenvalue weighted by atomic mass is 9.98. The molecule has 2 aromatic rings. The largest absolute Gasteiger partial charge is 0.493 e. The van der Waals surface area contributed by atoms with Crippen molar-refractivity contribution in [1.82, 2.24) is 0 Å². The van der Waals surface area contributed by atoms with E-state index in [0.29, 0.717) is 0 Å². The van der Waals surface area contributed by atoms with E-state index in [-0.39, 0.29) is 4.83 Å². The number of benzene rings is 2. The highest BCUT2D eigenvalue weighted by Crippen LogP contribution is 2.43. The summed E-state index contributed by atoms with van der Waals surface area (Å²) in [7, 11) is 0. The van der Waals surface area contributed by atoms with E-state index < -0.39 is 0 Å². The van der Waals surface area contributed by atoms with E-state index in [2.05, 4.69) is 50.1 Å². The van der Waals surface area contributed by atoms with Crippen LogP contribution in [0.15, 0.2) is 34.8 Å². The molecule has 4 heteroatoms. The average Bonchev–Trinajstić information content (AvgIpc) is 2.88. The molecule has 0 aromatic heterocycles. The van der Waals surface area contributed by atoms with Gasteiger partial charge in [-0.1, -0.05) is 55.6 Å². The van der Waals surface area contributed by atoms with Gasteiger partial charge in [0.15, 0.2) is 0 Å². The lowest BCUT2D eigenvalue weighted by Crippen LogP contribution is -1.99. The molecule has 1 unspecified atom stereocenters. The molecule has 1 nitrogen and oxygen atoms in total. The summed E-state index contributed by atoms with van der Waals surface area (Å²) in [5.41, 5.74) is 4.69. The van der Waals surface area contributed by atoms with E-state index in [1.165, 1.54) is 11.1 Å². The summed E-state index contributed by atoms with van der Waals surface area (Å²) in [5.74, 6) is 1.01. The summed E-state index contributed by atoms with van der Waals surface area (Å²) in [5, 5.41) is 0.791. The van der Waals surface area contributed by atoms with Gasteiger partial charge in [0.05, 0.1) is 11.4 Å². The molecule has 3 rings (SSSR count). The molecule has 104 valence electrons. The van der Waals surface area contributed by atoms with E-state index in [4.69, 9.17) is 16.3 Å². The lowest BCUT2D eigenvalue weighted by Gasteiger charge is -2.17. The van der Waals surface area contributed by atoms with E-state index in [9.17, 15) is 0 Å². The van der Waals surface area contributed by atoms with Crippen LogP contribution in [0.25, 0.3) is 0 Å². The fourth-order valence-corrected chi connectivity index (χ4v) is 4.09. The van der Waals surface area contributed by atoms with Gasteiger partial charge in [-0.3, -0.25) is 0 Å². The van der Waals surface area contributed by atoms with Crippen molar-refractivity contribution >= 4 is 43.5 Å². The van der Waals surface area contributed by atoms with E-state index >= 15 is 0 Å². The molecule has 20 heavy (non-hydrogen) atoms. The van der Waals surface area contributed by atoms with Crippen molar-refractivity contribution in [3.63, 3.8) is 0 Å². The predicted octanol–water partition coefficient (Wildman–Crippen LogP) is 5.83. The number of fused-ring (bicyclic) bond motifs is 1. The van der Waals surface area contributed by atoms with Gasteiger partial charge in [0.25, 0.3) is 0 Å². The van der Waals surface area contributed by atoms with Crippen molar-refractivity contribution < 1.29 is 4.74 Å². The number of ether oxygens (including phenoxy) is 1. The first-order valence-electron chi connectivity index (χ1n) is 6.42. The van der Waals surface area contributed by atoms with Crippen LogP contribution in [0, 0.1) is 6.92 Å². The Morgan fingerprint density at radius 3 is 2.85 bits per heavy atom. The summed E-state index contributed by atoms with van der Waals surface area (Å²) in [6.07, 6.45) is 0.968. The molecular formula is C16H13Br2ClO. The van der Waals surface area contributed by atoms with Crippen LogP contribution in [0.1, 0.15) is 27.1 Å². The number of rotatable bonds is 2. The molecule has 2 aromatic carbocycles. The molecule has 0 N–H and O–H groups in total. The van der Waals surface area contributed by atoms with Gasteiger partial charge < -0.3 is 4.74 Å². The molecule has 1 aliphatic heterocycles. The third kappa shape index (κ3) is 2.51. The van der Waals surface area contributed by atoms with Crippen molar-refractivity contribution in [3.8, 4) is 5.75 Å². The Labute approximate surface area is 140 Å². The first-order chi connectivity index (χ1) is 9.58. The molecule has 0 bridgehead atoms. The van der Waals surface area contributed by atoms with Crippen molar-refractivity contribution in [1.29, 1.82) is 0 Å². The number of halogens is 3. The van der Waals surface area contributed by atoms with E-state index in [1.807, 2.05) is 19.1 Å². The van der Waals surface area contributed by atoms with Gasteiger partial charge in [0, 0.05) is 21.5 Å². The second-order valence-corrected chi connectivity index (χ2v) is 7.14. The summed E-state index contributed by atoms with van der Waals surface area (Å²) in [6, 6.07) is 10.3. The van der Waals surface area contributed by atoms with Crippen molar-refractivity contribution in [2.75, 3.05) is 6.61 Å². The number of hydrogen-bond donors (Lipinski definition) is 0. The van der Waals surface area contributed by atoms with Crippen LogP contribution in [-0.2, 0) is 6.42 Å². The van der Waals surface area contributed by atoms with Crippen LogP contribution >= 0.6 is 43.5 Å². The van der Waals surface area contributed by atoms with Crippen LogP contribution in [0.2, 0.25) is 5.02 Å². The van der Waals surface area contributed by atoms with Gasteiger partial charge in [0.2, 0.25) is 0 Å². The van der Waals surface area contributed by atoms with Gasteiger partial charge >= 0.3 is 0 Å². The highest BCUT2D eigenvalue weighted by molar-refractivity contribution is 9.10. The zero-order chi connectivity index (χ0) is 14.3. The Morgan fingerprint density at radius 2 is 2.05 bits per heavy atom. The molecular weight excluding hydrogens is 403 g/mol. The number of hydrogen-bond acceptors (Lipinski definition) is 1. The molecule has 0 fully saturated rings. The van der Waals surface area contributed by atoms with Gasteiger partial charge in [-0.25, -0.2) is 0 Å². The molecule has 0 saturated heterocycles. The Kier molecular flexibility index (Phi) is 4.11. The highest BCUT2D eigenvalue weighted by atomic mass is 79.9. The Morgan fingerprint density at radius 1 is 1.25 bits per heavy atom. The highest BCUT2D eigenvalue weighted by Gasteiger charge is 2.24. The van der Waals surface area contributed by atoms with E-state index in [0.717, 1.165) is 39.4 Å². The maximum Gasteiger partial charge on any atom is 0.127 e. The van der Waals surface area contributed by atoms with Crippen LogP contribution in [0.4, 0.5) is 0 Å². The smallest absolute Gasteiger partial charge is 0.127 e.